The van der Waals surface area contributed by atoms with E-state index >= 15 is 4.39 Å². The molecule has 12 heteroatoms. The first-order valence-electron chi connectivity index (χ1n) is 16.7. The fourth-order valence-corrected chi connectivity index (χ4v) is 10.00. The molecule has 2 bridgehead atoms. The van der Waals surface area contributed by atoms with Crippen LogP contribution in [0, 0.1) is 17.8 Å². The SMILES string of the molecule is C=CC(=O)N1CCN(C2NC(=O)N3C4NC(C(Cl)CC42)C2C(F)CCCC2NCCOC2CCNC(C(C)C)C23)[C@@H]2C[C@@H]21. The Hall–Kier alpha value is -1.50. The monoisotopic (exact) mass is 621 g/mol. The molecule has 10 nitrogen and oxygen atoms in total. The van der Waals surface area contributed by atoms with Gasteiger partial charge in [0, 0.05) is 67.1 Å². The van der Waals surface area contributed by atoms with Crippen LogP contribution in [-0.2, 0) is 9.53 Å². The number of fused-ring (bicyclic) bond motifs is 6. The number of halogens is 2. The lowest BCUT2D eigenvalue weighted by Gasteiger charge is -2.60. The molecule has 4 N–H and O–H groups in total. The van der Waals surface area contributed by atoms with Crippen LogP contribution >= 0.6 is 11.6 Å². The van der Waals surface area contributed by atoms with Gasteiger partial charge in [0.25, 0.3) is 0 Å². The van der Waals surface area contributed by atoms with Crippen molar-refractivity contribution in [3.05, 3.63) is 12.7 Å². The molecule has 7 aliphatic rings. The van der Waals surface area contributed by atoms with E-state index in [9.17, 15) is 9.59 Å². The maximum Gasteiger partial charge on any atom is 0.320 e. The molecule has 5 aliphatic heterocycles. The van der Waals surface area contributed by atoms with E-state index in [1.165, 1.54) is 6.08 Å². The number of hydrogen-bond donors (Lipinski definition) is 4. The van der Waals surface area contributed by atoms with Gasteiger partial charge < -0.3 is 30.5 Å². The molecule has 7 rings (SSSR count). The largest absolute Gasteiger partial charge is 0.375 e. The average Bonchev–Trinajstić information content (AvgIpc) is 3.79. The molecule has 5 saturated heterocycles. The minimum absolute atomic E-state index is 0.00857. The molecule has 0 aromatic rings. The van der Waals surface area contributed by atoms with Crippen LogP contribution in [0.1, 0.15) is 52.4 Å². The highest BCUT2D eigenvalue weighted by Gasteiger charge is 2.60. The number of nitrogens with zero attached hydrogens (tertiary/aromatic N) is 3. The maximum absolute atomic E-state index is 15.8. The fraction of sp³-hybridized carbons (Fsp3) is 0.871. The molecule has 0 aromatic carbocycles. The van der Waals surface area contributed by atoms with Crippen LogP contribution in [-0.4, -0.2) is 126 Å². The fourth-order valence-electron chi connectivity index (χ4n) is 9.55. The molecule has 7 fully saturated rings. The van der Waals surface area contributed by atoms with Gasteiger partial charge in [0.2, 0.25) is 5.91 Å². The number of piperidine rings is 2. The first kappa shape index (κ1) is 30.2. The van der Waals surface area contributed by atoms with Crippen LogP contribution in [0.5, 0.6) is 0 Å². The first-order valence-corrected chi connectivity index (χ1v) is 17.1. The lowest BCUT2D eigenvalue weighted by atomic mass is 9.72. The zero-order valence-corrected chi connectivity index (χ0v) is 26.2. The van der Waals surface area contributed by atoms with E-state index in [1.807, 2.05) is 9.80 Å². The number of rotatable bonds is 3. The van der Waals surface area contributed by atoms with Crippen LogP contribution in [0.4, 0.5) is 9.18 Å². The second-order valence-corrected chi connectivity index (χ2v) is 14.8. The highest BCUT2D eigenvalue weighted by Crippen LogP contribution is 2.45. The Balaban J connectivity index is 1.25. The van der Waals surface area contributed by atoms with Crippen molar-refractivity contribution in [2.75, 3.05) is 32.8 Å². The predicted octanol–water partition coefficient (Wildman–Crippen LogP) is 1.60. The Morgan fingerprint density at radius 1 is 1.12 bits per heavy atom. The van der Waals surface area contributed by atoms with Gasteiger partial charge in [-0.25, -0.2) is 9.18 Å². The number of alkyl halides is 2. The van der Waals surface area contributed by atoms with Gasteiger partial charge in [0.05, 0.1) is 31.1 Å². The summed E-state index contributed by atoms with van der Waals surface area (Å²) < 4.78 is 22.4. The molecular formula is C31H49ClFN7O3. The maximum atomic E-state index is 15.8. The number of nitrogens with one attached hydrogen (secondary N) is 4. The van der Waals surface area contributed by atoms with Crippen molar-refractivity contribution in [1.82, 2.24) is 36.0 Å². The number of amides is 3. The van der Waals surface area contributed by atoms with Gasteiger partial charge >= 0.3 is 6.03 Å². The smallest absolute Gasteiger partial charge is 0.320 e. The molecule has 240 valence electrons. The molecule has 43 heavy (non-hydrogen) atoms. The molecule has 0 radical (unpaired) electrons. The van der Waals surface area contributed by atoms with E-state index in [-0.39, 0.29) is 89.8 Å². The Bertz CT molecular complexity index is 1090. The van der Waals surface area contributed by atoms with Gasteiger partial charge in [-0.3, -0.25) is 15.0 Å². The lowest BCUT2D eigenvalue weighted by Crippen LogP contribution is -2.80. The van der Waals surface area contributed by atoms with Crippen LogP contribution in [0.3, 0.4) is 0 Å². The zero-order valence-electron chi connectivity index (χ0n) is 25.5. The van der Waals surface area contributed by atoms with Crippen molar-refractivity contribution in [3.8, 4) is 0 Å². The van der Waals surface area contributed by atoms with Gasteiger partial charge in [0.1, 0.15) is 6.17 Å². The third kappa shape index (κ3) is 5.29. The number of urea groups is 1. The van der Waals surface area contributed by atoms with Crippen molar-refractivity contribution in [2.45, 2.75) is 119 Å². The summed E-state index contributed by atoms with van der Waals surface area (Å²) in [7, 11) is 0. The van der Waals surface area contributed by atoms with Gasteiger partial charge in [-0.15, -0.1) is 11.6 Å². The third-order valence-corrected chi connectivity index (χ3v) is 12.0. The predicted molar refractivity (Wildman–Crippen MR) is 162 cm³/mol. The van der Waals surface area contributed by atoms with Crippen molar-refractivity contribution in [2.24, 2.45) is 17.8 Å². The van der Waals surface area contributed by atoms with E-state index < -0.39 is 6.17 Å². The number of ether oxygens (including phenoxy) is 1. The molecule has 0 aromatic heterocycles. The number of carbonyl (C=O) groups is 2. The molecule has 2 aliphatic carbocycles. The van der Waals surface area contributed by atoms with Gasteiger partial charge in [-0.05, 0) is 57.1 Å². The van der Waals surface area contributed by atoms with Crippen molar-refractivity contribution in [1.29, 1.82) is 0 Å². The topological polar surface area (TPSA) is 101 Å². The first-order chi connectivity index (χ1) is 20.8. The molecule has 5 heterocycles. The molecule has 11 unspecified atom stereocenters. The van der Waals surface area contributed by atoms with E-state index in [1.54, 1.807) is 0 Å². The highest BCUT2D eigenvalue weighted by molar-refractivity contribution is 6.21. The second-order valence-electron chi connectivity index (χ2n) is 14.2. The Morgan fingerprint density at radius 3 is 2.74 bits per heavy atom. The van der Waals surface area contributed by atoms with Gasteiger partial charge in [-0.1, -0.05) is 20.4 Å². The summed E-state index contributed by atoms with van der Waals surface area (Å²) in [6.45, 7) is 11.4. The summed E-state index contributed by atoms with van der Waals surface area (Å²) in [4.78, 5) is 33.3. The molecule has 13 atom stereocenters. The lowest BCUT2D eigenvalue weighted by molar-refractivity contribution is -0.130. The summed E-state index contributed by atoms with van der Waals surface area (Å²) in [5.41, 5.74) is 0. The summed E-state index contributed by atoms with van der Waals surface area (Å²) >= 11 is 7.29. The molecule has 2 saturated carbocycles. The molecular weight excluding hydrogens is 573 g/mol. The van der Waals surface area contributed by atoms with Crippen LogP contribution in [0.2, 0.25) is 0 Å². The quantitative estimate of drug-likeness (QED) is 0.281. The summed E-state index contributed by atoms with van der Waals surface area (Å²) in [5, 5.41) is 14.4. The average molecular weight is 622 g/mol. The number of carbonyl (C=O) groups excluding carboxylic acids is 2. The van der Waals surface area contributed by atoms with Crippen LogP contribution in [0.25, 0.3) is 0 Å². The minimum Gasteiger partial charge on any atom is -0.375 e. The third-order valence-electron chi connectivity index (χ3n) is 11.6. The molecule has 3 amide bonds. The molecule has 0 spiro atoms. The van der Waals surface area contributed by atoms with Crippen LogP contribution in [0.15, 0.2) is 12.7 Å². The minimum atomic E-state index is -0.956. The Kier molecular flexibility index (Phi) is 8.43. The van der Waals surface area contributed by atoms with E-state index in [0.717, 1.165) is 32.2 Å². The number of hydrogen-bond acceptors (Lipinski definition) is 7. The van der Waals surface area contributed by atoms with Crippen molar-refractivity contribution >= 4 is 23.5 Å². The van der Waals surface area contributed by atoms with Gasteiger partial charge in [-0.2, -0.15) is 0 Å². The Labute approximate surface area is 259 Å². The van der Waals surface area contributed by atoms with Crippen molar-refractivity contribution in [3.63, 3.8) is 0 Å². The Morgan fingerprint density at radius 2 is 1.95 bits per heavy atom. The zero-order chi connectivity index (χ0) is 30.0. The van der Waals surface area contributed by atoms with E-state index in [2.05, 4.69) is 46.6 Å². The standard InChI is InChI=1S/C31H49ClFN7O3/c1-4-24(41)38-11-12-39(22-15-21(22)38)29-17-14-18(32)27-25-19(33)6-5-7-20(25)34-10-13-43-23-8-9-35-26(16(2)3)28(23)40(30(17)36-27)31(42)37-29/h4,16-23,25-30,34-36H,1,5-15H2,2-3H3,(H,37,42)/t17?,18?,19?,20?,21-,22+,23?,25?,26?,27?,28?,29?,30?/m0/s1. The van der Waals surface area contributed by atoms with Crippen molar-refractivity contribution < 1.29 is 18.7 Å². The van der Waals surface area contributed by atoms with E-state index in [0.29, 0.717) is 39.1 Å². The summed E-state index contributed by atoms with van der Waals surface area (Å²) in [6, 6.07) is -0.122. The number of piperazine rings is 1. The second kappa shape index (κ2) is 12.0. The summed E-state index contributed by atoms with van der Waals surface area (Å²) in [6.07, 6.45) is 4.50. The summed E-state index contributed by atoms with van der Waals surface area (Å²) in [5.74, 6) is -0.0253. The normalized spacial score (nSPS) is 46.8. The van der Waals surface area contributed by atoms with Crippen LogP contribution < -0.4 is 21.3 Å². The highest BCUT2D eigenvalue weighted by atomic mass is 35.5. The van der Waals surface area contributed by atoms with E-state index in [4.69, 9.17) is 16.3 Å². The van der Waals surface area contributed by atoms with Gasteiger partial charge in [0.15, 0.2) is 0 Å².